The van der Waals surface area contributed by atoms with Crippen LogP contribution in [0.15, 0.2) is 30.5 Å². The fraction of sp³-hybridized carbons (Fsp3) is 0.421. The Hall–Kier alpha value is -2.63. The quantitative estimate of drug-likeness (QED) is 0.778. The molecule has 0 atom stereocenters. The molecular formula is C19H23N5O. The summed E-state index contributed by atoms with van der Waals surface area (Å²) in [5, 5.41) is 4.37. The van der Waals surface area contributed by atoms with Gasteiger partial charge in [-0.15, -0.1) is 0 Å². The zero-order chi connectivity index (χ0) is 17.2. The molecule has 3 aromatic rings. The molecule has 2 aromatic heterocycles. The number of nitrogens with zero attached hydrogens (tertiary/aromatic N) is 4. The number of amides is 1. The predicted octanol–water partition coefficient (Wildman–Crippen LogP) is 2.80. The van der Waals surface area contributed by atoms with Gasteiger partial charge in [-0.2, -0.15) is 5.10 Å². The number of aryl methyl sites for hydroxylation is 2. The van der Waals surface area contributed by atoms with E-state index in [2.05, 4.69) is 15.1 Å². The Bertz CT molecular complexity index is 861. The first-order chi connectivity index (χ1) is 12.2. The third-order valence-electron chi connectivity index (χ3n) is 4.90. The molecule has 1 N–H and O–H groups in total. The monoisotopic (exact) mass is 337 g/mol. The van der Waals surface area contributed by atoms with Crippen LogP contribution in [0, 0.1) is 0 Å². The molecule has 1 aliphatic heterocycles. The largest absolute Gasteiger partial charge is 0.342 e. The van der Waals surface area contributed by atoms with Crippen LogP contribution in [0.2, 0.25) is 0 Å². The molecule has 3 heterocycles. The van der Waals surface area contributed by atoms with Gasteiger partial charge in [-0.3, -0.25) is 9.48 Å². The van der Waals surface area contributed by atoms with Crippen LogP contribution in [0.3, 0.4) is 0 Å². The molecule has 0 fully saturated rings. The number of nitrogens with one attached hydrogen (secondary N) is 1. The second-order valence-corrected chi connectivity index (χ2v) is 6.72. The van der Waals surface area contributed by atoms with Gasteiger partial charge in [0.05, 0.1) is 28.5 Å². The standard InChI is InChI=1S/C19H23N5O/c1-23(19(25)14-13-20-24-12-5-4-9-17(14)24)11-6-10-18-21-15-7-2-3-8-16(15)22-18/h2-3,7-8,13H,4-6,9-12H2,1H3,(H,21,22). The van der Waals surface area contributed by atoms with Crippen LogP contribution in [0.1, 0.15) is 41.1 Å². The molecule has 130 valence electrons. The number of aromatic nitrogens is 4. The van der Waals surface area contributed by atoms with Crippen LogP contribution < -0.4 is 0 Å². The maximum atomic E-state index is 12.7. The molecule has 0 aliphatic carbocycles. The second kappa shape index (κ2) is 6.70. The Morgan fingerprint density at radius 1 is 1.32 bits per heavy atom. The second-order valence-electron chi connectivity index (χ2n) is 6.72. The summed E-state index contributed by atoms with van der Waals surface area (Å²) in [5.74, 6) is 1.05. The minimum atomic E-state index is 0.0766. The van der Waals surface area contributed by atoms with E-state index < -0.39 is 0 Å². The van der Waals surface area contributed by atoms with Crippen LogP contribution in [0.25, 0.3) is 11.0 Å². The number of carbonyl (C=O) groups is 1. The topological polar surface area (TPSA) is 66.8 Å². The summed E-state index contributed by atoms with van der Waals surface area (Å²) >= 11 is 0. The molecule has 0 spiro atoms. The van der Waals surface area contributed by atoms with Crippen LogP contribution in [-0.2, 0) is 19.4 Å². The molecule has 6 nitrogen and oxygen atoms in total. The van der Waals surface area contributed by atoms with Gasteiger partial charge in [-0.05, 0) is 37.8 Å². The Morgan fingerprint density at radius 2 is 2.20 bits per heavy atom. The Labute approximate surface area is 146 Å². The van der Waals surface area contributed by atoms with Crippen molar-refractivity contribution in [2.75, 3.05) is 13.6 Å². The Balaban J connectivity index is 1.36. The minimum Gasteiger partial charge on any atom is -0.342 e. The SMILES string of the molecule is CN(CCCc1nc2ccccc2[nH]1)C(=O)c1cnn2c1CCCC2. The summed E-state index contributed by atoms with van der Waals surface area (Å²) in [4.78, 5) is 22.4. The van der Waals surface area contributed by atoms with Crippen LogP contribution in [0.4, 0.5) is 0 Å². The number of rotatable bonds is 5. The zero-order valence-electron chi connectivity index (χ0n) is 14.5. The number of fused-ring (bicyclic) bond motifs is 2. The van der Waals surface area contributed by atoms with E-state index in [4.69, 9.17) is 0 Å². The molecule has 0 unspecified atom stereocenters. The van der Waals surface area contributed by atoms with E-state index in [0.717, 1.165) is 66.8 Å². The van der Waals surface area contributed by atoms with Gasteiger partial charge in [0.2, 0.25) is 0 Å². The number of imidazole rings is 1. The van der Waals surface area contributed by atoms with E-state index in [1.54, 1.807) is 11.1 Å². The minimum absolute atomic E-state index is 0.0766. The average molecular weight is 337 g/mol. The molecule has 25 heavy (non-hydrogen) atoms. The van der Waals surface area contributed by atoms with E-state index >= 15 is 0 Å². The highest BCUT2D eigenvalue weighted by atomic mass is 16.2. The number of hydrogen-bond acceptors (Lipinski definition) is 3. The van der Waals surface area contributed by atoms with Crippen molar-refractivity contribution in [3.63, 3.8) is 0 Å². The summed E-state index contributed by atoms with van der Waals surface area (Å²) in [5.41, 5.74) is 3.92. The maximum absolute atomic E-state index is 12.7. The van der Waals surface area contributed by atoms with Gasteiger partial charge in [-0.1, -0.05) is 12.1 Å². The van der Waals surface area contributed by atoms with Gasteiger partial charge in [-0.25, -0.2) is 4.98 Å². The number of para-hydroxylation sites is 2. The number of carbonyl (C=O) groups excluding carboxylic acids is 1. The van der Waals surface area contributed by atoms with Gasteiger partial charge >= 0.3 is 0 Å². The molecule has 4 rings (SSSR count). The highest BCUT2D eigenvalue weighted by Crippen LogP contribution is 2.19. The maximum Gasteiger partial charge on any atom is 0.257 e. The van der Waals surface area contributed by atoms with Crippen LogP contribution >= 0.6 is 0 Å². The first kappa shape index (κ1) is 15.9. The van der Waals surface area contributed by atoms with E-state index in [1.165, 1.54) is 0 Å². The highest BCUT2D eigenvalue weighted by molar-refractivity contribution is 5.95. The third-order valence-corrected chi connectivity index (χ3v) is 4.90. The molecule has 1 aliphatic rings. The normalized spacial score (nSPS) is 13.8. The lowest BCUT2D eigenvalue weighted by Crippen LogP contribution is -2.29. The lowest BCUT2D eigenvalue weighted by Gasteiger charge is -2.19. The number of benzene rings is 1. The molecule has 6 heteroatoms. The Morgan fingerprint density at radius 3 is 3.08 bits per heavy atom. The first-order valence-corrected chi connectivity index (χ1v) is 8.96. The average Bonchev–Trinajstić information content (AvgIpc) is 3.24. The van der Waals surface area contributed by atoms with Gasteiger partial charge in [0, 0.05) is 26.6 Å². The summed E-state index contributed by atoms with van der Waals surface area (Å²) in [7, 11) is 1.87. The van der Waals surface area contributed by atoms with Crippen LogP contribution in [0.5, 0.6) is 0 Å². The Kier molecular flexibility index (Phi) is 4.26. The van der Waals surface area contributed by atoms with Crippen molar-refractivity contribution in [1.29, 1.82) is 0 Å². The lowest BCUT2D eigenvalue weighted by atomic mass is 10.1. The molecule has 0 saturated heterocycles. The van der Waals surface area contributed by atoms with E-state index in [0.29, 0.717) is 6.54 Å². The van der Waals surface area contributed by atoms with Crippen molar-refractivity contribution < 1.29 is 4.79 Å². The molecule has 1 aromatic carbocycles. The molecule has 0 bridgehead atoms. The van der Waals surface area contributed by atoms with E-state index in [-0.39, 0.29) is 5.91 Å². The molecular weight excluding hydrogens is 314 g/mol. The van der Waals surface area contributed by atoms with Crippen molar-refractivity contribution >= 4 is 16.9 Å². The number of aromatic amines is 1. The number of H-pyrrole nitrogens is 1. The van der Waals surface area contributed by atoms with Crippen molar-refractivity contribution in [2.45, 2.75) is 38.6 Å². The summed E-state index contributed by atoms with van der Waals surface area (Å²) in [6.45, 7) is 1.64. The van der Waals surface area contributed by atoms with Gasteiger partial charge in [0.15, 0.2) is 0 Å². The van der Waals surface area contributed by atoms with E-state index in [9.17, 15) is 4.79 Å². The van der Waals surface area contributed by atoms with E-state index in [1.807, 2.05) is 36.0 Å². The van der Waals surface area contributed by atoms with Crippen LogP contribution in [-0.4, -0.2) is 44.1 Å². The highest BCUT2D eigenvalue weighted by Gasteiger charge is 2.22. The van der Waals surface area contributed by atoms with Crippen molar-refractivity contribution in [2.24, 2.45) is 0 Å². The van der Waals surface area contributed by atoms with Gasteiger partial charge < -0.3 is 9.88 Å². The molecule has 0 saturated carbocycles. The van der Waals surface area contributed by atoms with Gasteiger partial charge in [0.1, 0.15) is 5.82 Å². The molecule has 1 amide bonds. The fourth-order valence-electron chi connectivity index (χ4n) is 3.51. The van der Waals surface area contributed by atoms with Crippen molar-refractivity contribution in [1.82, 2.24) is 24.6 Å². The summed E-state index contributed by atoms with van der Waals surface area (Å²) in [6, 6.07) is 8.04. The molecule has 0 radical (unpaired) electrons. The third kappa shape index (κ3) is 3.16. The van der Waals surface area contributed by atoms with Crippen molar-refractivity contribution in [3.05, 3.63) is 47.5 Å². The lowest BCUT2D eigenvalue weighted by molar-refractivity contribution is 0.0792. The zero-order valence-corrected chi connectivity index (χ0v) is 14.5. The van der Waals surface area contributed by atoms with Crippen molar-refractivity contribution in [3.8, 4) is 0 Å². The summed E-state index contributed by atoms with van der Waals surface area (Å²) < 4.78 is 1.99. The summed E-state index contributed by atoms with van der Waals surface area (Å²) in [6.07, 6.45) is 6.69. The first-order valence-electron chi connectivity index (χ1n) is 8.96. The predicted molar refractivity (Wildman–Crippen MR) is 96.5 cm³/mol. The fourth-order valence-corrected chi connectivity index (χ4v) is 3.51. The smallest absolute Gasteiger partial charge is 0.257 e. The van der Waals surface area contributed by atoms with Gasteiger partial charge in [0.25, 0.3) is 5.91 Å². The number of hydrogen-bond donors (Lipinski definition) is 1.